The van der Waals surface area contributed by atoms with Gasteiger partial charge in [0.1, 0.15) is 34.8 Å². The van der Waals surface area contributed by atoms with E-state index in [0.29, 0.717) is 22.7 Å². The molecule has 9 nitrogen and oxygen atoms in total. The van der Waals surface area contributed by atoms with E-state index in [1.165, 1.54) is 0 Å². The zero-order valence-electron chi connectivity index (χ0n) is 16.0. The normalized spacial score (nSPS) is 10.3. The number of ether oxygens (including phenoxy) is 1. The molecule has 0 radical (unpaired) electrons. The Kier molecular flexibility index (Phi) is 5.16. The number of hydrogen-bond donors (Lipinski definition) is 2. The minimum atomic E-state index is -0.667. The monoisotopic (exact) mass is 410 g/mol. The maximum atomic E-state index is 12.2. The zero-order chi connectivity index (χ0) is 21.8. The summed E-state index contributed by atoms with van der Waals surface area (Å²) in [5, 5.41) is 22.9. The van der Waals surface area contributed by atoms with Gasteiger partial charge < -0.3 is 20.0 Å². The molecule has 2 aromatic heterocycles. The van der Waals surface area contributed by atoms with Crippen LogP contribution < -0.4 is 16.0 Å². The molecule has 0 aliphatic rings. The fourth-order valence-corrected chi connectivity index (χ4v) is 3.04. The Morgan fingerprint density at radius 1 is 1.03 bits per heavy atom. The molecule has 4 aromatic rings. The number of pyridine rings is 1. The van der Waals surface area contributed by atoms with Gasteiger partial charge in [-0.1, -0.05) is 41.6 Å². The molecule has 4 rings (SSSR count). The van der Waals surface area contributed by atoms with Crippen molar-refractivity contribution in [3.05, 3.63) is 82.0 Å². The molecular weight excluding hydrogens is 396 g/mol. The van der Waals surface area contributed by atoms with Gasteiger partial charge in [0.15, 0.2) is 6.61 Å². The number of nitrogens with two attached hydrogens (primary N) is 1. The maximum absolute atomic E-state index is 12.2. The Morgan fingerprint density at radius 3 is 2.52 bits per heavy atom. The molecule has 0 saturated carbocycles. The highest BCUT2D eigenvalue weighted by atomic mass is 16.5. The maximum Gasteiger partial charge on any atom is 0.268 e. The third-order valence-corrected chi connectivity index (χ3v) is 4.45. The number of hydrogen-bond acceptors (Lipinski definition) is 8. The topological polar surface area (TPSA) is 155 Å². The standard InChI is InChI=1S/C22H14N6O3/c23-10-16-19(17(11-24)22(29)27-20(16)25)13-5-4-6-14(9-13)21-26-18(31-28-21)12-30-15-7-2-1-3-8-15/h1-9H,12H2,(H3,25,27,29). The smallest absolute Gasteiger partial charge is 0.268 e. The number of nitriles is 2. The van der Waals surface area contributed by atoms with Gasteiger partial charge in [0.2, 0.25) is 5.82 Å². The molecular formula is C22H14N6O3. The number of H-pyrrole nitrogens is 1. The molecule has 3 N–H and O–H groups in total. The summed E-state index contributed by atoms with van der Waals surface area (Å²) in [6.45, 7) is 0.0957. The van der Waals surface area contributed by atoms with Crippen LogP contribution in [-0.4, -0.2) is 15.1 Å². The van der Waals surface area contributed by atoms with Crippen molar-refractivity contribution in [1.29, 1.82) is 10.5 Å². The van der Waals surface area contributed by atoms with Crippen molar-refractivity contribution >= 4 is 5.82 Å². The number of nitrogens with one attached hydrogen (secondary N) is 1. The number of benzene rings is 2. The van der Waals surface area contributed by atoms with Crippen LogP contribution in [0.15, 0.2) is 63.9 Å². The zero-order valence-corrected chi connectivity index (χ0v) is 16.0. The Morgan fingerprint density at radius 2 is 1.77 bits per heavy atom. The molecule has 0 aliphatic carbocycles. The minimum Gasteiger partial charge on any atom is -0.484 e. The van der Waals surface area contributed by atoms with E-state index in [9.17, 15) is 15.3 Å². The summed E-state index contributed by atoms with van der Waals surface area (Å²) in [7, 11) is 0. The number of para-hydroxylation sites is 1. The van der Waals surface area contributed by atoms with Gasteiger partial charge in [-0.25, -0.2) is 0 Å². The second kappa shape index (κ2) is 8.23. The number of nitrogen functional groups attached to an aromatic ring is 1. The van der Waals surface area contributed by atoms with Crippen LogP contribution in [0, 0.1) is 22.7 Å². The minimum absolute atomic E-state index is 0.0124. The van der Waals surface area contributed by atoms with E-state index >= 15 is 0 Å². The summed E-state index contributed by atoms with van der Waals surface area (Å²) < 4.78 is 10.8. The molecule has 0 fully saturated rings. The molecule has 2 aromatic carbocycles. The highest BCUT2D eigenvalue weighted by Crippen LogP contribution is 2.30. The molecule has 0 bridgehead atoms. The predicted octanol–water partition coefficient (Wildman–Crippen LogP) is 3.00. The van der Waals surface area contributed by atoms with E-state index in [0.717, 1.165) is 0 Å². The van der Waals surface area contributed by atoms with E-state index in [1.807, 2.05) is 42.5 Å². The first kappa shape index (κ1) is 19.4. The van der Waals surface area contributed by atoms with Crippen molar-refractivity contribution in [3.63, 3.8) is 0 Å². The molecule has 0 aliphatic heterocycles. The Hall–Kier alpha value is -4.89. The summed E-state index contributed by atoms with van der Waals surface area (Å²) in [6, 6.07) is 19.8. The molecule has 0 saturated heterocycles. The molecule has 9 heteroatoms. The highest BCUT2D eigenvalue weighted by molar-refractivity contribution is 5.82. The Labute approximate surface area is 176 Å². The Balaban J connectivity index is 1.68. The lowest BCUT2D eigenvalue weighted by Crippen LogP contribution is -2.16. The van der Waals surface area contributed by atoms with E-state index in [-0.39, 0.29) is 35.0 Å². The molecule has 0 amide bonds. The fraction of sp³-hybridized carbons (Fsp3) is 0.0455. The van der Waals surface area contributed by atoms with Gasteiger partial charge in [-0.05, 0) is 23.8 Å². The van der Waals surface area contributed by atoms with Crippen LogP contribution in [0.4, 0.5) is 5.82 Å². The molecule has 31 heavy (non-hydrogen) atoms. The second-order valence-electron chi connectivity index (χ2n) is 6.41. The average molecular weight is 410 g/mol. The first-order valence-electron chi connectivity index (χ1n) is 9.08. The van der Waals surface area contributed by atoms with Crippen molar-refractivity contribution < 1.29 is 9.26 Å². The summed E-state index contributed by atoms with van der Waals surface area (Å²) >= 11 is 0. The number of rotatable bonds is 5. The summed E-state index contributed by atoms with van der Waals surface area (Å²) in [5.74, 6) is 1.14. The molecule has 2 heterocycles. The third-order valence-electron chi connectivity index (χ3n) is 4.45. The van der Waals surface area contributed by atoms with Crippen LogP contribution in [0.25, 0.3) is 22.5 Å². The van der Waals surface area contributed by atoms with Gasteiger partial charge in [0.25, 0.3) is 11.4 Å². The van der Waals surface area contributed by atoms with Gasteiger partial charge in [-0.15, -0.1) is 0 Å². The van der Waals surface area contributed by atoms with Crippen LogP contribution in [0.1, 0.15) is 17.0 Å². The van der Waals surface area contributed by atoms with Crippen LogP contribution in [0.5, 0.6) is 5.75 Å². The van der Waals surface area contributed by atoms with Crippen molar-refractivity contribution in [2.75, 3.05) is 5.73 Å². The van der Waals surface area contributed by atoms with E-state index < -0.39 is 5.56 Å². The quantitative estimate of drug-likeness (QED) is 0.509. The second-order valence-corrected chi connectivity index (χ2v) is 6.41. The molecule has 0 atom stereocenters. The van der Waals surface area contributed by atoms with Gasteiger partial charge >= 0.3 is 0 Å². The van der Waals surface area contributed by atoms with E-state index in [4.69, 9.17) is 15.0 Å². The largest absolute Gasteiger partial charge is 0.484 e. The lowest BCUT2D eigenvalue weighted by molar-refractivity contribution is 0.243. The molecule has 150 valence electrons. The van der Waals surface area contributed by atoms with Crippen LogP contribution in [0.2, 0.25) is 0 Å². The van der Waals surface area contributed by atoms with Crippen molar-refractivity contribution in [3.8, 4) is 40.4 Å². The summed E-state index contributed by atoms with van der Waals surface area (Å²) in [4.78, 5) is 18.8. The van der Waals surface area contributed by atoms with Gasteiger partial charge in [0.05, 0.1) is 0 Å². The number of aromatic amines is 1. The summed E-state index contributed by atoms with van der Waals surface area (Å²) in [5.41, 5.74) is 6.11. The lowest BCUT2D eigenvalue weighted by atomic mass is 9.95. The van der Waals surface area contributed by atoms with Crippen LogP contribution in [-0.2, 0) is 6.61 Å². The fourth-order valence-electron chi connectivity index (χ4n) is 3.04. The Bertz CT molecular complexity index is 1390. The van der Waals surface area contributed by atoms with Crippen LogP contribution in [0.3, 0.4) is 0 Å². The van der Waals surface area contributed by atoms with Crippen molar-refractivity contribution in [2.24, 2.45) is 0 Å². The SMILES string of the molecule is N#Cc1c(N)[nH]c(=O)c(C#N)c1-c1cccc(-c2noc(COc3ccccc3)n2)c1. The van der Waals surface area contributed by atoms with Gasteiger partial charge in [-0.2, -0.15) is 15.5 Å². The van der Waals surface area contributed by atoms with Crippen LogP contribution >= 0.6 is 0 Å². The molecule has 0 spiro atoms. The number of aromatic nitrogens is 3. The first-order valence-corrected chi connectivity index (χ1v) is 9.08. The predicted molar refractivity (Wildman–Crippen MR) is 110 cm³/mol. The van der Waals surface area contributed by atoms with Gasteiger partial charge in [0, 0.05) is 11.1 Å². The van der Waals surface area contributed by atoms with Gasteiger partial charge in [-0.3, -0.25) is 4.79 Å². The van der Waals surface area contributed by atoms with E-state index in [2.05, 4.69) is 15.1 Å². The van der Waals surface area contributed by atoms with Crippen molar-refractivity contribution in [1.82, 2.24) is 15.1 Å². The highest BCUT2D eigenvalue weighted by Gasteiger charge is 2.19. The molecule has 0 unspecified atom stereocenters. The lowest BCUT2D eigenvalue weighted by Gasteiger charge is -2.09. The summed E-state index contributed by atoms with van der Waals surface area (Å²) in [6.07, 6.45) is 0. The average Bonchev–Trinajstić information content (AvgIpc) is 3.27. The third kappa shape index (κ3) is 3.84. The number of anilines is 1. The number of nitrogens with zero attached hydrogens (tertiary/aromatic N) is 4. The van der Waals surface area contributed by atoms with Crippen molar-refractivity contribution in [2.45, 2.75) is 6.61 Å². The van der Waals surface area contributed by atoms with E-state index in [1.54, 1.807) is 24.3 Å². The first-order chi connectivity index (χ1) is 15.1.